The molecule has 6 aromatic carbocycles. The Bertz CT molecular complexity index is 3210. The Morgan fingerprint density at radius 1 is 0.384 bits per heavy atom. The van der Waals surface area contributed by atoms with Crippen molar-refractivity contribution in [3.05, 3.63) is 250 Å². The predicted molar refractivity (Wildman–Crippen MR) is 312 cm³/mol. The molecule has 0 saturated heterocycles. The molecule has 0 atom stereocenters. The van der Waals surface area contributed by atoms with Crippen molar-refractivity contribution in [2.75, 3.05) is 0 Å². The normalized spacial score (nSPS) is 13.6. The Morgan fingerprint density at radius 2 is 0.767 bits per heavy atom. The molecule has 0 saturated carbocycles. The van der Waals surface area contributed by atoms with Crippen LogP contribution >= 0.6 is 0 Å². The number of rotatable bonds is 9. The summed E-state index contributed by atoms with van der Waals surface area (Å²) >= 11 is 0. The van der Waals surface area contributed by atoms with Crippen LogP contribution < -0.4 is 0 Å². The number of hydrogen-bond donors (Lipinski definition) is 0. The van der Waals surface area contributed by atoms with Crippen molar-refractivity contribution in [3.8, 4) is 0 Å². The fourth-order valence-corrected chi connectivity index (χ4v) is 12.2. The zero-order valence-corrected chi connectivity index (χ0v) is 46.2. The summed E-state index contributed by atoms with van der Waals surface area (Å²) in [5.74, 6) is 0.0862. The Morgan fingerprint density at radius 3 is 1.22 bits per heavy atom. The maximum Gasteiger partial charge on any atom is 0.161 e. The summed E-state index contributed by atoms with van der Waals surface area (Å²) in [6, 6.07) is 38.7. The minimum Gasteiger partial charge on any atom is -0.294 e. The molecule has 1 heterocycles. The average molecular weight is 964 g/mol. The van der Waals surface area contributed by atoms with Crippen molar-refractivity contribution in [1.82, 2.24) is 4.98 Å². The first-order valence-corrected chi connectivity index (χ1v) is 27.4. The van der Waals surface area contributed by atoms with E-state index in [2.05, 4.69) is 157 Å². The van der Waals surface area contributed by atoms with Crippen LogP contribution in [0.5, 0.6) is 0 Å². The molecule has 2 nitrogen and oxygen atoms in total. The van der Waals surface area contributed by atoms with E-state index in [-0.39, 0.29) is 5.78 Å². The van der Waals surface area contributed by atoms with Gasteiger partial charge in [-0.15, -0.1) is 0 Å². The largest absolute Gasteiger partial charge is 0.294 e. The third-order valence-electron chi connectivity index (χ3n) is 16.5. The van der Waals surface area contributed by atoms with E-state index in [1.54, 1.807) is 51.4 Å². The van der Waals surface area contributed by atoms with Gasteiger partial charge in [0, 0.05) is 17.0 Å². The highest BCUT2D eigenvalue weighted by molar-refractivity contribution is 5.95. The van der Waals surface area contributed by atoms with Gasteiger partial charge < -0.3 is 0 Å². The number of pyridine rings is 1. The van der Waals surface area contributed by atoms with Crippen molar-refractivity contribution in [3.63, 3.8) is 0 Å². The monoisotopic (exact) mass is 964 g/mol. The molecule has 0 bridgehead atoms. The van der Waals surface area contributed by atoms with E-state index < -0.39 is 0 Å². The Hall–Kier alpha value is -6.38. The Labute approximate surface area is 440 Å². The van der Waals surface area contributed by atoms with Crippen LogP contribution in [0.1, 0.15) is 185 Å². The number of nitrogens with zero attached hydrogens (tertiary/aromatic N) is 1. The van der Waals surface area contributed by atoms with Gasteiger partial charge >= 0.3 is 0 Å². The molecular weight excluding hydrogens is 883 g/mol. The van der Waals surface area contributed by atoms with Crippen LogP contribution in [0.3, 0.4) is 0 Å². The predicted octanol–water partition coefficient (Wildman–Crippen LogP) is 17.3. The van der Waals surface area contributed by atoms with Gasteiger partial charge in [0.25, 0.3) is 0 Å². The van der Waals surface area contributed by atoms with Gasteiger partial charge in [0.05, 0.1) is 0 Å². The minimum absolute atomic E-state index is 0.0862. The summed E-state index contributed by atoms with van der Waals surface area (Å²) in [6.07, 6.45) is 18.5. The lowest BCUT2D eigenvalue weighted by molar-refractivity contribution is 0.101. The molecule has 4 aliphatic carbocycles. The summed E-state index contributed by atoms with van der Waals surface area (Å²) in [5, 5.41) is 0. The molecule has 11 rings (SSSR count). The quantitative estimate of drug-likeness (QED) is 0.135. The van der Waals surface area contributed by atoms with Gasteiger partial charge in [0.2, 0.25) is 0 Å². The molecule has 2 heteroatoms. The van der Waals surface area contributed by atoms with Gasteiger partial charge in [0.15, 0.2) is 5.78 Å². The van der Waals surface area contributed by atoms with Crippen molar-refractivity contribution in [2.45, 2.75) is 166 Å². The minimum atomic E-state index is 0.0862. The molecule has 0 fully saturated rings. The number of aromatic nitrogens is 1. The molecule has 0 amide bonds. The smallest absolute Gasteiger partial charge is 0.161 e. The first kappa shape index (κ1) is 52.9. The Balaban J connectivity index is 0.000000143. The molecule has 0 unspecified atom stereocenters. The highest BCUT2D eigenvalue weighted by atomic mass is 16.1. The van der Waals surface area contributed by atoms with Crippen LogP contribution in [0.25, 0.3) is 11.1 Å². The maximum atomic E-state index is 11.1. The zero-order chi connectivity index (χ0) is 51.9. The van der Waals surface area contributed by atoms with Gasteiger partial charge in [-0.1, -0.05) is 121 Å². The van der Waals surface area contributed by atoms with E-state index in [0.29, 0.717) is 0 Å². The molecule has 4 aliphatic rings. The van der Waals surface area contributed by atoms with Gasteiger partial charge in [0.1, 0.15) is 0 Å². The molecule has 376 valence electrons. The van der Waals surface area contributed by atoms with Gasteiger partial charge in [-0.3, -0.25) is 9.78 Å². The van der Waals surface area contributed by atoms with Crippen molar-refractivity contribution in [1.29, 1.82) is 0 Å². The van der Waals surface area contributed by atoms with Crippen LogP contribution in [0.2, 0.25) is 0 Å². The number of hydrogen-bond acceptors (Lipinski definition) is 2. The first-order valence-electron chi connectivity index (χ1n) is 27.4. The van der Waals surface area contributed by atoms with Crippen LogP contribution in [0, 0.1) is 48.5 Å². The third kappa shape index (κ3) is 12.5. The number of carbonyl (C=O) groups excluding carboxylic acids is 1. The SMILES string of the molecule is C=C(C)c1cc(C)c(C)cc1Cc1cccc2c1CCC2.C=C(C)c1cc(C)c(Cc2cccc3c2CCC3)cc1Cc1cccc2c1CCC2.CC(=O)c1cc(C)c(C)nc1C.Cc1cccc2c1CCC2. The highest BCUT2D eigenvalue weighted by Crippen LogP contribution is 2.34. The second-order valence-corrected chi connectivity index (χ2v) is 22.0. The molecule has 0 spiro atoms. The van der Waals surface area contributed by atoms with E-state index in [9.17, 15) is 4.79 Å². The molecular formula is C71H81NO. The molecule has 0 N–H and O–H groups in total. The molecule has 73 heavy (non-hydrogen) atoms. The molecule has 7 aromatic rings. The maximum absolute atomic E-state index is 11.1. The topological polar surface area (TPSA) is 30.0 Å². The number of ketones is 1. The summed E-state index contributed by atoms with van der Waals surface area (Å²) in [7, 11) is 0. The van der Waals surface area contributed by atoms with Crippen LogP contribution in [-0.2, 0) is 70.6 Å². The van der Waals surface area contributed by atoms with Crippen LogP contribution in [0.15, 0.2) is 116 Å². The number of allylic oxidation sites excluding steroid dienone is 2. The van der Waals surface area contributed by atoms with Crippen LogP contribution in [-0.4, -0.2) is 10.8 Å². The van der Waals surface area contributed by atoms with E-state index in [4.69, 9.17) is 0 Å². The summed E-state index contributed by atoms with van der Waals surface area (Å²) in [6.45, 7) is 29.0. The summed E-state index contributed by atoms with van der Waals surface area (Å²) < 4.78 is 0. The lowest BCUT2D eigenvalue weighted by Gasteiger charge is -2.18. The van der Waals surface area contributed by atoms with Crippen LogP contribution in [0.4, 0.5) is 0 Å². The van der Waals surface area contributed by atoms with E-state index in [1.165, 1.54) is 155 Å². The number of aryl methyl sites for hydroxylation is 11. The second kappa shape index (κ2) is 23.7. The number of fused-ring (bicyclic) bond motifs is 4. The Kier molecular flexibility index (Phi) is 17.2. The van der Waals surface area contributed by atoms with E-state index >= 15 is 0 Å². The number of carbonyl (C=O) groups is 1. The lowest BCUT2D eigenvalue weighted by atomic mass is 9.87. The van der Waals surface area contributed by atoms with E-state index in [0.717, 1.165) is 41.8 Å². The fourth-order valence-electron chi connectivity index (χ4n) is 12.2. The second-order valence-electron chi connectivity index (χ2n) is 22.0. The summed E-state index contributed by atoms with van der Waals surface area (Å²) in [5.41, 5.74) is 35.9. The number of benzene rings is 6. The highest BCUT2D eigenvalue weighted by Gasteiger charge is 2.20. The van der Waals surface area contributed by atoms with Crippen molar-refractivity contribution < 1.29 is 4.79 Å². The van der Waals surface area contributed by atoms with Crippen molar-refractivity contribution in [2.24, 2.45) is 0 Å². The molecule has 0 radical (unpaired) electrons. The lowest BCUT2D eigenvalue weighted by Crippen LogP contribution is -2.03. The summed E-state index contributed by atoms with van der Waals surface area (Å²) in [4.78, 5) is 15.4. The van der Waals surface area contributed by atoms with Crippen molar-refractivity contribution >= 4 is 16.9 Å². The standard InChI is InChI=1S/C30H32.C21H24.C10H13NO.C10H12/c1-20(2)30-16-21(3)26(17-24-12-4-8-22-10-6-14-28(22)24)19-27(30)18-25-13-5-9-23-11-7-15-29(23)25;1-14(2)21-12-16(4)15(3)11-19(21)13-18-9-5-7-17-8-6-10-20(17)18;1-6-5-10(9(4)12)8(3)11-7(6)2;1-8-4-2-5-9-6-3-7-10(8)9/h4-5,8-9,12-13,16,19H,1,6-7,10-11,14-15,17-18H2,2-3H3;5,7,9,11-12H,1,6,8,10,13H2,2-4H3;5H,1-4H3;2,4-5H,3,6-7H2,1H3. The molecule has 0 aliphatic heterocycles. The van der Waals surface area contributed by atoms with Gasteiger partial charge in [-0.05, 0) is 288 Å². The average Bonchev–Trinajstić information content (AvgIpc) is 4.21. The third-order valence-corrected chi connectivity index (χ3v) is 16.5. The van der Waals surface area contributed by atoms with Gasteiger partial charge in [-0.2, -0.15) is 0 Å². The van der Waals surface area contributed by atoms with Gasteiger partial charge in [-0.25, -0.2) is 0 Å². The zero-order valence-electron chi connectivity index (χ0n) is 46.2. The molecule has 1 aromatic heterocycles. The number of Topliss-reactive ketones (excluding diaryl/α,β-unsaturated/α-hetero) is 1. The van der Waals surface area contributed by atoms with E-state index in [1.807, 2.05) is 26.8 Å². The fraction of sp³-hybridized carbons (Fsp3) is 0.352. The first-order chi connectivity index (χ1) is 35.1.